The molecule has 1 saturated carbocycles. The Morgan fingerprint density at radius 2 is 2.18 bits per heavy atom. The number of hydrogen-bond acceptors (Lipinski definition) is 4. The van der Waals surface area contributed by atoms with E-state index in [2.05, 4.69) is 4.98 Å². The smallest absolute Gasteiger partial charge is 0.213 e. The van der Waals surface area contributed by atoms with Crippen molar-refractivity contribution in [3.63, 3.8) is 0 Å². The van der Waals surface area contributed by atoms with Crippen molar-refractivity contribution in [3.8, 4) is 5.88 Å². The first-order valence-electron chi connectivity index (χ1n) is 6.11. The van der Waals surface area contributed by atoms with Crippen LogP contribution in [0.1, 0.15) is 19.3 Å². The molecule has 1 fully saturated rings. The van der Waals surface area contributed by atoms with Crippen LogP contribution in [-0.2, 0) is 4.74 Å². The molecule has 0 bridgehead atoms. The number of anilines is 1. The van der Waals surface area contributed by atoms with E-state index in [0.717, 1.165) is 19.1 Å². The molecule has 0 aliphatic heterocycles. The summed E-state index contributed by atoms with van der Waals surface area (Å²) in [4.78, 5) is 4.11. The van der Waals surface area contributed by atoms with Gasteiger partial charge in [-0.2, -0.15) is 0 Å². The zero-order chi connectivity index (χ0) is 12.1. The van der Waals surface area contributed by atoms with Gasteiger partial charge in [0.1, 0.15) is 0 Å². The Labute approximate surface area is 102 Å². The molecule has 0 amide bonds. The normalized spacial score (nSPS) is 23.1. The fourth-order valence-corrected chi connectivity index (χ4v) is 2.21. The third-order valence-corrected chi connectivity index (χ3v) is 3.29. The van der Waals surface area contributed by atoms with E-state index in [1.807, 2.05) is 12.1 Å². The van der Waals surface area contributed by atoms with Gasteiger partial charge in [0.15, 0.2) is 0 Å². The molecule has 0 unspecified atom stereocenters. The minimum atomic E-state index is 0.666. The maximum absolute atomic E-state index is 5.62. The number of methoxy groups -OCH3 is 1. The minimum absolute atomic E-state index is 0.666. The van der Waals surface area contributed by atoms with Gasteiger partial charge in [-0.1, -0.05) is 0 Å². The molecule has 0 atom stereocenters. The molecule has 0 radical (unpaired) electrons. The summed E-state index contributed by atoms with van der Waals surface area (Å²) in [7, 11) is 1.76. The highest BCUT2D eigenvalue weighted by Gasteiger charge is 2.29. The van der Waals surface area contributed by atoms with Gasteiger partial charge < -0.3 is 15.2 Å². The number of aromatic nitrogens is 1. The quantitative estimate of drug-likeness (QED) is 0.821. The van der Waals surface area contributed by atoms with Gasteiger partial charge in [-0.3, -0.25) is 0 Å². The number of nitrogen functional groups attached to an aromatic ring is 1. The fourth-order valence-electron chi connectivity index (χ4n) is 2.21. The predicted molar refractivity (Wildman–Crippen MR) is 66.9 cm³/mol. The van der Waals surface area contributed by atoms with Crippen LogP contribution in [0.15, 0.2) is 18.3 Å². The Kier molecular flexibility index (Phi) is 4.20. The molecule has 4 nitrogen and oxygen atoms in total. The van der Waals surface area contributed by atoms with Crippen LogP contribution in [0.25, 0.3) is 0 Å². The van der Waals surface area contributed by atoms with Crippen LogP contribution in [0.4, 0.5) is 5.69 Å². The van der Waals surface area contributed by atoms with Crippen LogP contribution in [0.3, 0.4) is 0 Å². The minimum Gasteiger partial charge on any atom is -0.477 e. The second kappa shape index (κ2) is 5.87. The van der Waals surface area contributed by atoms with E-state index >= 15 is 0 Å². The summed E-state index contributed by atoms with van der Waals surface area (Å²) in [5.74, 6) is 2.17. The van der Waals surface area contributed by atoms with Gasteiger partial charge >= 0.3 is 0 Å². The Morgan fingerprint density at radius 3 is 2.82 bits per heavy atom. The van der Waals surface area contributed by atoms with Crippen LogP contribution in [0.5, 0.6) is 5.88 Å². The van der Waals surface area contributed by atoms with Crippen LogP contribution in [0.2, 0.25) is 0 Å². The molecule has 1 aliphatic carbocycles. The highest BCUT2D eigenvalue weighted by atomic mass is 16.5. The monoisotopic (exact) mass is 236 g/mol. The number of pyridine rings is 1. The summed E-state index contributed by atoms with van der Waals surface area (Å²) in [6.07, 6.45) is 5.29. The molecule has 1 aromatic rings. The second-order valence-electron chi connectivity index (χ2n) is 4.73. The first-order valence-corrected chi connectivity index (χ1v) is 6.11. The molecule has 0 saturated heterocycles. The molecule has 2 rings (SSSR count). The molecule has 4 heteroatoms. The zero-order valence-electron chi connectivity index (χ0n) is 10.3. The molecule has 94 valence electrons. The Bertz CT molecular complexity index is 334. The number of rotatable bonds is 6. The van der Waals surface area contributed by atoms with Crippen molar-refractivity contribution in [2.24, 2.45) is 11.8 Å². The van der Waals surface area contributed by atoms with Gasteiger partial charge in [0.05, 0.1) is 18.5 Å². The lowest BCUT2D eigenvalue weighted by Gasteiger charge is -2.34. The van der Waals surface area contributed by atoms with Gasteiger partial charge in [-0.25, -0.2) is 4.98 Å². The number of nitrogens with zero attached hydrogens (tertiary/aromatic N) is 1. The summed E-state index contributed by atoms with van der Waals surface area (Å²) >= 11 is 0. The van der Waals surface area contributed by atoms with Gasteiger partial charge in [0, 0.05) is 19.8 Å². The molecule has 17 heavy (non-hydrogen) atoms. The van der Waals surface area contributed by atoms with Crippen LogP contribution in [0, 0.1) is 11.8 Å². The summed E-state index contributed by atoms with van der Waals surface area (Å²) < 4.78 is 10.7. The average Bonchev–Trinajstić information content (AvgIpc) is 2.29. The maximum atomic E-state index is 5.62. The fraction of sp³-hybridized carbons (Fsp3) is 0.615. The SMILES string of the molecule is COCCC1CC(COc2ccc(N)cn2)C1. The summed E-state index contributed by atoms with van der Waals surface area (Å²) in [6, 6.07) is 3.63. The molecule has 0 aromatic carbocycles. The van der Waals surface area contributed by atoms with E-state index in [0.29, 0.717) is 17.5 Å². The van der Waals surface area contributed by atoms with Gasteiger partial charge in [0.2, 0.25) is 5.88 Å². The predicted octanol–water partition coefficient (Wildman–Crippen LogP) is 2.11. The van der Waals surface area contributed by atoms with Crippen LogP contribution in [-0.4, -0.2) is 25.3 Å². The molecule has 1 aliphatic rings. The first kappa shape index (κ1) is 12.2. The third-order valence-electron chi connectivity index (χ3n) is 3.29. The van der Waals surface area contributed by atoms with E-state index in [-0.39, 0.29) is 0 Å². The summed E-state index contributed by atoms with van der Waals surface area (Å²) in [6.45, 7) is 1.64. The van der Waals surface area contributed by atoms with Crippen molar-refractivity contribution in [1.29, 1.82) is 0 Å². The van der Waals surface area contributed by atoms with E-state index in [9.17, 15) is 0 Å². The Morgan fingerprint density at radius 1 is 1.35 bits per heavy atom. The van der Waals surface area contributed by atoms with Crippen molar-refractivity contribution < 1.29 is 9.47 Å². The van der Waals surface area contributed by atoms with E-state index in [4.69, 9.17) is 15.2 Å². The summed E-state index contributed by atoms with van der Waals surface area (Å²) in [5, 5.41) is 0. The van der Waals surface area contributed by atoms with Gasteiger partial charge in [-0.15, -0.1) is 0 Å². The lowest BCUT2D eigenvalue weighted by molar-refractivity contribution is 0.0852. The average molecular weight is 236 g/mol. The molecule has 2 N–H and O–H groups in total. The van der Waals surface area contributed by atoms with Gasteiger partial charge in [0.25, 0.3) is 0 Å². The summed E-state index contributed by atoms with van der Waals surface area (Å²) in [5.41, 5.74) is 6.22. The molecule has 0 spiro atoms. The zero-order valence-corrected chi connectivity index (χ0v) is 10.3. The van der Waals surface area contributed by atoms with Crippen molar-refractivity contribution in [2.45, 2.75) is 19.3 Å². The first-order chi connectivity index (χ1) is 8.28. The lowest BCUT2D eigenvalue weighted by atomic mass is 9.74. The molecule has 1 heterocycles. The molecular weight excluding hydrogens is 216 g/mol. The highest BCUT2D eigenvalue weighted by molar-refractivity contribution is 5.35. The van der Waals surface area contributed by atoms with Crippen LogP contribution < -0.4 is 10.5 Å². The van der Waals surface area contributed by atoms with E-state index < -0.39 is 0 Å². The standard InChI is InChI=1S/C13H20N2O2/c1-16-5-4-10-6-11(7-10)9-17-13-3-2-12(14)8-15-13/h2-3,8,10-11H,4-7,9,14H2,1H3. The molecular formula is C13H20N2O2. The maximum Gasteiger partial charge on any atom is 0.213 e. The third kappa shape index (κ3) is 3.60. The largest absolute Gasteiger partial charge is 0.477 e. The molecule has 1 aromatic heterocycles. The van der Waals surface area contributed by atoms with Crippen molar-refractivity contribution in [2.75, 3.05) is 26.1 Å². The number of ether oxygens (including phenoxy) is 2. The van der Waals surface area contributed by atoms with Crippen LogP contribution >= 0.6 is 0 Å². The topological polar surface area (TPSA) is 57.4 Å². The van der Waals surface area contributed by atoms with Crippen molar-refractivity contribution >= 4 is 5.69 Å². The van der Waals surface area contributed by atoms with Gasteiger partial charge in [-0.05, 0) is 37.2 Å². The van der Waals surface area contributed by atoms with E-state index in [1.165, 1.54) is 19.3 Å². The number of hydrogen-bond donors (Lipinski definition) is 1. The highest BCUT2D eigenvalue weighted by Crippen LogP contribution is 2.36. The Balaban J connectivity index is 1.63. The number of nitrogens with two attached hydrogens (primary N) is 1. The lowest BCUT2D eigenvalue weighted by Crippen LogP contribution is -2.29. The van der Waals surface area contributed by atoms with E-state index in [1.54, 1.807) is 13.3 Å². The van der Waals surface area contributed by atoms with Crippen molar-refractivity contribution in [1.82, 2.24) is 4.98 Å². The Hall–Kier alpha value is -1.29. The van der Waals surface area contributed by atoms with Crippen molar-refractivity contribution in [3.05, 3.63) is 18.3 Å². The second-order valence-corrected chi connectivity index (χ2v) is 4.73.